The number of methoxy groups -OCH3 is 1. The van der Waals surface area contributed by atoms with Gasteiger partial charge in [0.25, 0.3) is 0 Å². The maximum absolute atomic E-state index is 5.40. The standard InChI is InChI=1S/C15H23NO/c1-4-13-6-5-9-16(11-13)14-8-7-12(2)15(10-14)17-3/h7-8,10,13H,4-6,9,11H2,1-3H3. The molecule has 0 aromatic heterocycles. The molecule has 1 heterocycles. The number of hydrogen-bond donors (Lipinski definition) is 0. The van der Waals surface area contributed by atoms with Crippen LogP contribution in [0.1, 0.15) is 31.7 Å². The summed E-state index contributed by atoms with van der Waals surface area (Å²) >= 11 is 0. The third kappa shape index (κ3) is 2.74. The number of aryl methyl sites for hydroxylation is 1. The van der Waals surface area contributed by atoms with Gasteiger partial charge < -0.3 is 9.64 Å². The molecule has 1 atom stereocenters. The first-order valence-electron chi connectivity index (χ1n) is 6.64. The van der Waals surface area contributed by atoms with Gasteiger partial charge in [0, 0.05) is 24.8 Å². The second kappa shape index (κ2) is 5.44. The van der Waals surface area contributed by atoms with Gasteiger partial charge in [-0.1, -0.05) is 19.4 Å². The molecule has 0 N–H and O–H groups in total. The second-order valence-corrected chi connectivity index (χ2v) is 5.02. The SMILES string of the molecule is CCC1CCCN(c2ccc(C)c(OC)c2)C1. The molecule has 0 aliphatic carbocycles. The Morgan fingerprint density at radius 3 is 2.94 bits per heavy atom. The van der Waals surface area contributed by atoms with E-state index in [2.05, 4.69) is 36.9 Å². The molecule has 1 fully saturated rings. The highest BCUT2D eigenvalue weighted by Crippen LogP contribution is 2.29. The zero-order chi connectivity index (χ0) is 12.3. The van der Waals surface area contributed by atoms with Crippen molar-refractivity contribution >= 4 is 5.69 Å². The van der Waals surface area contributed by atoms with Crippen molar-refractivity contribution in [3.05, 3.63) is 23.8 Å². The molecule has 1 saturated heterocycles. The van der Waals surface area contributed by atoms with E-state index in [4.69, 9.17) is 4.74 Å². The van der Waals surface area contributed by atoms with Crippen LogP contribution < -0.4 is 9.64 Å². The maximum atomic E-state index is 5.40. The Kier molecular flexibility index (Phi) is 3.93. The van der Waals surface area contributed by atoms with Gasteiger partial charge in [0.1, 0.15) is 5.75 Å². The smallest absolute Gasteiger partial charge is 0.123 e. The summed E-state index contributed by atoms with van der Waals surface area (Å²) in [6, 6.07) is 6.55. The monoisotopic (exact) mass is 233 g/mol. The molecule has 94 valence electrons. The van der Waals surface area contributed by atoms with Crippen LogP contribution in [0.2, 0.25) is 0 Å². The summed E-state index contributed by atoms with van der Waals surface area (Å²) in [4.78, 5) is 2.50. The summed E-state index contributed by atoms with van der Waals surface area (Å²) in [6.07, 6.45) is 3.99. The molecule has 17 heavy (non-hydrogen) atoms. The van der Waals surface area contributed by atoms with Gasteiger partial charge in [-0.15, -0.1) is 0 Å². The summed E-state index contributed by atoms with van der Waals surface area (Å²) < 4.78 is 5.40. The first-order valence-corrected chi connectivity index (χ1v) is 6.64. The van der Waals surface area contributed by atoms with Crippen LogP contribution in [0.4, 0.5) is 5.69 Å². The first-order chi connectivity index (χ1) is 8.24. The first kappa shape index (κ1) is 12.3. The van der Waals surface area contributed by atoms with E-state index in [1.54, 1.807) is 7.11 Å². The summed E-state index contributed by atoms with van der Waals surface area (Å²) in [5.41, 5.74) is 2.52. The van der Waals surface area contributed by atoms with E-state index in [0.717, 1.165) is 11.7 Å². The average molecular weight is 233 g/mol. The largest absolute Gasteiger partial charge is 0.496 e. The molecule has 0 amide bonds. The van der Waals surface area contributed by atoms with Crippen molar-refractivity contribution in [2.75, 3.05) is 25.1 Å². The summed E-state index contributed by atoms with van der Waals surface area (Å²) in [5.74, 6) is 1.86. The van der Waals surface area contributed by atoms with Crippen molar-refractivity contribution in [2.24, 2.45) is 5.92 Å². The number of benzene rings is 1. The van der Waals surface area contributed by atoms with Gasteiger partial charge in [-0.25, -0.2) is 0 Å². The zero-order valence-corrected chi connectivity index (χ0v) is 11.2. The van der Waals surface area contributed by atoms with Crippen molar-refractivity contribution in [2.45, 2.75) is 33.1 Å². The van der Waals surface area contributed by atoms with Gasteiger partial charge in [0.15, 0.2) is 0 Å². The Morgan fingerprint density at radius 2 is 2.24 bits per heavy atom. The van der Waals surface area contributed by atoms with Crippen LogP contribution >= 0.6 is 0 Å². The molecule has 1 aliphatic rings. The van der Waals surface area contributed by atoms with E-state index < -0.39 is 0 Å². The number of piperidine rings is 1. The van der Waals surface area contributed by atoms with Gasteiger partial charge >= 0.3 is 0 Å². The average Bonchev–Trinajstić information content (AvgIpc) is 2.39. The molecular weight excluding hydrogens is 210 g/mol. The van der Waals surface area contributed by atoms with Crippen LogP contribution in [0, 0.1) is 12.8 Å². The second-order valence-electron chi connectivity index (χ2n) is 5.02. The number of hydrogen-bond acceptors (Lipinski definition) is 2. The molecule has 2 rings (SSSR count). The van der Waals surface area contributed by atoms with Gasteiger partial charge in [-0.05, 0) is 37.3 Å². The summed E-state index contributed by atoms with van der Waals surface area (Å²) in [6.45, 7) is 6.77. The minimum atomic E-state index is 0.857. The number of nitrogens with zero attached hydrogens (tertiary/aromatic N) is 1. The van der Waals surface area contributed by atoms with E-state index in [9.17, 15) is 0 Å². The molecule has 2 heteroatoms. The molecule has 1 aromatic rings. The zero-order valence-electron chi connectivity index (χ0n) is 11.2. The topological polar surface area (TPSA) is 12.5 Å². The normalized spacial score (nSPS) is 20.4. The highest BCUT2D eigenvalue weighted by Gasteiger charge is 2.19. The lowest BCUT2D eigenvalue weighted by atomic mass is 9.95. The Morgan fingerprint density at radius 1 is 1.41 bits per heavy atom. The van der Waals surface area contributed by atoms with Crippen LogP contribution in [-0.4, -0.2) is 20.2 Å². The minimum absolute atomic E-state index is 0.857. The summed E-state index contributed by atoms with van der Waals surface area (Å²) in [7, 11) is 1.75. The van der Waals surface area contributed by atoms with Gasteiger partial charge in [0.2, 0.25) is 0 Å². The van der Waals surface area contributed by atoms with E-state index in [0.29, 0.717) is 0 Å². The molecule has 0 radical (unpaired) electrons. The predicted molar refractivity (Wildman–Crippen MR) is 73.0 cm³/mol. The lowest BCUT2D eigenvalue weighted by Gasteiger charge is -2.34. The Hall–Kier alpha value is -1.18. The highest BCUT2D eigenvalue weighted by atomic mass is 16.5. The Labute approximate surface area is 105 Å². The van der Waals surface area contributed by atoms with Crippen molar-refractivity contribution in [3.8, 4) is 5.75 Å². The Balaban J connectivity index is 2.16. The molecule has 1 unspecified atom stereocenters. The van der Waals surface area contributed by atoms with Crippen LogP contribution in [0.3, 0.4) is 0 Å². The Bertz CT molecular complexity index is 375. The van der Waals surface area contributed by atoms with E-state index in [1.165, 1.54) is 43.6 Å². The third-order valence-electron chi connectivity index (χ3n) is 3.85. The van der Waals surface area contributed by atoms with Crippen molar-refractivity contribution < 1.29 is 4.74 Å². The van der Waals surface area contributed by atoms with Crippen LogP contribution in [0.5, 0.6) is 5.75 Å². The van der Waals surface area contributed by atoms with E-state index >= 15 is 0 Å². The van der Waals surface area contributed by atoms with Crippen molar-refractivity contribution in [3.63, 3.8) is 0 Å². The van der Waals surface area contributed by atoms with Crippen LogP contribution in [0.25, 0.3) is 0 Å². The molecule has 0 spiro atoms. The quantitative estimate of drug-likeness (QED) is 0.790. The van der Waals surface area contributed by atoms with E-state index in [1.807, 2.05) is 0 Å². The lowest BCUT2D eigenvalue weighted by Crippen LogP contribution is -2.35. The van der Waals surface area contributed by atoms with Crippen LogP contribution in [0.15, 0.2) is 18.2 Å². The third-order valence-corrected chi connectivity index (χ3v) is 3.85. The molecule has 1 aliphatic heterocycles. The van der Waals surface area contributed by atoms with Crippen LogP contribution in [-0.2, 0) is 0 Å². The van der Waals surface area contributed by atoms with E-state index in [-0.39, 0.29) is 0 Å². The fourth-order valence-corrected chi connectivity index (χ4v) is 2.64. The van der Waals surface area contributed by atoms with Crippen molar-refractivity contribution in [1.29, 1.82) is 0 Å². The van der Waals surface area contributed by atoms with Gasteiger partial charge in [-0.3, -0.25) is 0 Å². The molecule has 1 aromatic carbocycles. The van der Waals surface area contributed by atoms with Gasteiger partial charge in [-0.2, -0.15) is 0 Å². The molecule has 0 bridgehead atoms. The molecular formula is C15H23NO. The number of rotatable bonds is 3. The number of ether oxygens (including phenoxy) is 1. The predicted octanol–water partition coefficient (Wildman–Crippen LogP) is 3.63. The fourth-order valence-electron chi connectivity index (χ4n) is 2.64. The lowest BCUT2D eigenvalue weighted by molar-refractivity contribution is 0.400. The minimum Gasteiger partial charge on any atom is -0.496 e. The molecule has 2 nitrogen and oxygen atoms in total. The maximum Gasteiger partial charge on any atom is 0.123 e. The number of anilines is 1. The fraction of sp³-hybridized carbons (Fsp3) is 0.600. The molecule has 0 saturated carbocycles. The summed E-state index contributed by atoms with van der Waals surface area (Å²) in [5, 5.41) is 0. The van der Waals surface area contributed by atoms with Crippen molar-refractivity contribution in [1.82, 2.24) is 0 Å². The highest BCUT2D eigenvalue weighted by molar-refractivity contribution is 5.53. The van der Waals surface area contributed by atoms with Gasteiger partial charge in [0.05, 0.1) is 7.11 Å².